The molecule has 1 heterocycles. The molecular formula is C6H6Br2O2. The molecule has 0 saturated heterocycles. The summed E-state index contributed by atoms with van der Waals surface area (Å²) in [5, 5.41) is 9.07. The zero-order valence-corrected chi connectivity index (χ0v) is 8.44. The van der Waals surface area contributed by atoms with Crippen molar-refractivity contribution in [1.29, 1.82) is 0 Å². The molecule has 0 spiro atoms. The van der Waals surface area contributed by atoms with Crippen LogP contribution in [-0.4, -0.2) is 5.11 Å². The lowest BCUT2D eigenvalue weighted by Crippen LogP contribution is -1.87. The number of rotatable bonds is 1. The smallest absolute Gasteiger partial charge is 0.147 e. The molecule has 0 bridgehead atoms. The first kappa shape index (κ1) is 8.30. The van der Waals surface area contributed by atoms with Gasteiger partial charge >= 0.3 is 0 Å². The van der Waals surface area contributed by atoms with Crippen LogP contribution in [0.25, 0.3) is 0 Å². The van der Waals surface area contributed by atoms with E-state index in [4.69, 9.17) is 9.52 Å². The predicted molar refractivity (Wildman–Crippen MR) is 44.7 cm³/mol. The number of aliphatic hydroxyl groups excluding tert-OH is 1. The molecule has 0 amide bonds. The molecular weight excluding hydrogens is 264 g/mol. The zero-order valence-electron chi connectivity index (χ0n) is 5.27. The van der Waals surface area contributed by atoms with Crippen LogP contribution in [0.4, 0.5) is 0 Å². The predicted octanol–water partition coefficient (Wildman–Crippen LogP) is 2.86. The Kier molecular flexibility index (Phi) is 2.55. The van der Waals surface area contributed by atoms with E-state index in [2.05, 4.69) is 31.9 Å². The van der Waals surface area contributed by atoms with Crippen LogP contribution in [0.15, 0.2) is 19.6 Å². The molecule has 1 unspecified atom stereocenters. The molecule has 0 fully saturated rings. The Morgan fingerprint density at radius 1 is 1.60 bits per heavy atom. The fourth-order valence-corrected chi connectivity index (χ4v) is 1.43. The van der Waals surface area contributed by atoms with E-state index in [9.17, 15) is 0 Å². The average Bonchev–Trinajstić information content (AvgIpc) is 2.14. The number of halogens is 2. The summed E-state index contributed by atoms with van der Waals surface area (Å²) in [6.07, 6.45) is 0.965. The van der Waals surface area contributed by atoms with Gasteiger partial charge in [-0.05, 0) is 38.8 Å². The van der Waals surface area contributed by atoms with Gasteiger partial charge in [0.2, 0.25) is 0 Å². The minimum absolute atomic E-state index is 0.548. The average molecular weight is 270 g/mol. The highest BCUT2D eigenvalue weighted by molar-refractivity contribution is 9.13. The largest absolute Gasteiger partial charge is 0.464 e. The van der Waals surface area contributed by atoms with Crippen LogP contribution >= 0.6 is 31.9 Å². The fourth-order valence-electron chi connectivity index (χ4n) is 0.618. The maximum absolute atomic E-state index is 9.07. The Hall–Kier alpha value is 0.200. The Morgan fingerprint density at radius 2 is 2.20 bits per heavy atom. The second kappa shape index (κ2) is 3.07. The second-order valence-corrected chi connectivity index (χ2v) is 3.59. The number of furan rings is 1. The number of hydrogen-bond acceptors (Lipinski definition) is 2. The third-order valence-corrected chi connectivity index (χ3v) is 3.03. The molecule has 1 aromatic rings. The van der Waals surface area contributed by atoms with E-state index < -0.39 is 6.10 Å². The van der Waals surface area contributed by atoms with Crippen LogP contribution in [0.5, 0.6) is 0 Å². The molecule has 10 heavy (non-hydrogen) atoms. The lowest BCUT2D eigenvalue weighted by atomic mass is 10.3. The van der Waals surface area contributed by atoms with E-state index in [0.29, 0.717) is 5.76 Å². The first-order valence-electron chi connectivity index (χ1n) is 2.73. The van der Waals surface area contributed by atoms with Crippen LogP contribution in [0.1, 0.15) is 18.8 Å². The van der Waals surface area contributed by atoms with E-state index in [1.165, 1.54) is 6.26 Å². The van der Waals surface area contributed by atoms with Gasteiger partial charge in [0.15, 0.2) is 0 Å². The monoisotopic (exact) mass is 268 g/mol. The molecule has 0 aromatic carbocycles. The van der Waals surface area contributed by atoms with Gasteiger partial charge in [0, 0.05) is 0 Å². The minimum atomic E-state index is -0.569. The summed E-state index contributed by atoms with van der Waals surface area (Å²) in [4.78, 5) is 0. The Bertz CT molecular complexity index is 230. The van der Waals surface area contributed by atoms with Crippen molar-refractivity contribution in [1.82, 2.24) is 0 Å². The maximum atomic E-state index is 9.07. The molecule has 0 saturated carbocycles. The SMILES string of the molecule is CC(O)c1occ(Br)c1Br. The minimum Gasteiger partial charge on any atom is -0.464 e. The van der Waals surface area contributed by atoms with Gasteiger partial charge in [0.25, 0.3) is 0 Å². The first-order valence-corrected chi connectivity index (χ1v) is 4.32. The van der Waals surface area contributed by atoms with E-state index in [-0.39, 0.29) is 0 Å². The molecule has 0 aliphatic carbocycles. The van der Waals surface area contributed by atoms with Crippen molar-refractivity contribution in [2.45, 2.75) is 13.0 Å². The molecule has 0 aliphatic heterocycles. The summed E-state index contributed by atoms with van der Waals surface area (Å²) in [7, 11) is 0. The molecule has 0 radical (unpaired) electrons. The second-order valence-electron chi connectivity index (χ2n) is 1.94. The van der Waals surface area contributed by atoms with Crippen LogP contribution in [0, 0.1) is 0 Å². The molecule has 0 aliphatic rings. The van der Waals surface area contributed by atoms with Crippen molar-refractivity contribution < 1.29 is 9.52 Å². The van der Waals surface area contributed by atoms with Gasteiger partial charge in [-0.3, -0.25) is 0 Å². The number of aliphatic hydroxyl groups is 1. The molecule has 2 nitrogen and oxygen atoms in total. The van der Waals surface area contributed by atoms with Gasteiger partial charge in [0.05, 0.1) is 8.95 Å². The Morgan fingerprint density at radius 3 is 2.40 bits per heavy atom. The summed E-state index contributed by atoms with van der Waals surface area (Å²) in [5.41, 5.74) is 0. The summed E-state index contributed by atoms with van der Waals surface area (Å²) >= 11 is 6.48. The van der Waals surface area contributed by atoms with Crippen molar-refractivity contribution in [2.24, 2.45) is 0 Å². The highest BCUT2D eigenvalue weighted by Crippen LogP contribution is 2.32. The lowest BCUT2D eigenvalue weighted by molar-refractivity contribution is 0.168. The van der Waals surface area contributed by atoms with Crippen molar-refractivity contribution in [3.63, 3.8) is 0 Å². The van der Waals surface area contributed by atoms with E-state index in [1.807, 2.05) is 0 Å². The van der Waals surface area contributed by atoms with Gasteiger partial charge in [-0.2, -0.15) is 0 Å². The van der Waals surface area contributed by atoms with Gasteiger partial charge < -0.3 is 9.52 Å². The van der Waals surface area contributed by atoms with Crippen LogP contribution in [-0.2, 0) is 0 Å². The van der Waals surface area contributed by atoms with E-state index in [1.54, 1.807) is 6.92 Å². The third kappa shape index (κ3) is 1.44. The van der Waals surface area contributed by atoms with Crippen molar-refractivity contribution >= 4 is 31.9 Å². The van der Waals surface area contributed by atoms with E-state index >= 15 is 0 Å². The first-order chi connectivity index (χ1) is 4.63. The summed E-state index contributed by atoms with van der Waals surface area (Å²) in [6.45, 7) is 1.65. The van der Waals surface area contributed by atoms with Gasteiger partial charge in [-0.1, -0.05) is 0 Å². The quantitative estimate of drug-likeness (QED) is 0.851. The van der Waals surface area contributed by atoms with Crippen molar-refractivity contribution in [2.75, 3.05) is 0 Å². The molecule has 1 aromatic heterocycles. The highest BCUT2D eigenvalue weighted by atomic mass is 79.9. The molecule has 56 valence electrons. The maximum Gasteiger partial charge on any atom is 0.147 e. The highest BCUT2D eigenvalue weighted by Gasteiger charge is 2.12. The standard InChI is InChI=1S/C6H6Br2O2/c1-3(9)6-5(8)4(7)2-10-6/h2-3,9H,1H3. The van der Waals surface area contributed by atoms with Crippen molar-refractivity contribution in [3.05, 3.63) is 21.0 Å². The zero-order chi connectivity index (χ0) is 7.72. The topological polar surface area (TPSA) is 33.4 Å². The summed E-state index contributed by atoms with van der Waals surface area (Å²) < 4.78 is 6.62. The van der Waals surface area contributed by atoms with Crippen LogP contribution in [0.3, 0.4) is 0 Å². The summed E-state index contributed by atoms with van der Waals surface area (Å²) in [5.74, 6) is 0.548. The lowest BCUT2D eigenvalue weighted by Gasteiger charge is -1.97. The van der Waals surface area contributed by atoms with Crippen molar-refractivity contribution in [3.8, 4) is 0 Å². The Balaban J connectivity index is 3.05. The number of hydrogen-bond donors (Lipinski definition) is 1. The molecule has 1 atom stereocenters. The molecule has 1 N–H and O–H groups in total. The fraction of sp³-hybridized carbons (Fsp3) is 0.333. The summed E-state index contributed by atoms with van der Waals surface area (Å²) in [6, 6.07) is 0. The Labute approximate surface area is 75.5 Å². The van der Waals surface area contributed by atoms with Gasteiger partial charge in [0.1, 0.15) is 18.1 Å². The van der Waals surface area contributed by atoms with E-state index in [0.717, 1.165) is 8.95 Å². The normalized spacial score (nSPS) is 13.6. The molecule has 1 rings (SSSR count). The van der Waals surface area contributed by atoms with Gasteiger partial charge in [-0.15, -0.1) is 0 Å². The molecule has 4 heteroatoms. The van der Waals surface area contributed by atoms with Gasteiger partial charge in [-0.25, -0.2) is 0 Å². The third-order valence-electron chi connectivity index (χ3n) is 1.09. The van der Waals surface area contributed by atoms with Crippen LogP contribution < -0.4 is 0 Å². The van der Waals surface area contributed by atoms with Crippen LogP contribution in [0.2, 0.25) is 0 Å².